The molecule has 43 heavy (non-hydrogen) atoms. The minimum atomic E-state index is -1.01. The number of carbonyl (C=O) groups is 2. The number of methoxy groups -OCH3 is 2. The van der Waals surface area contributed by atoms with Gasteiger partial charge in [-0.25, -0.2) is 4.79 Å². The van der Waals surface area contributed by atoms with E-state index in [-0.39, 0.29) is 31.3 Å². The van der Waals surface area contributed by atoms with Gasteiger partial charge in [-0.2, -0.15) is 0 Å². The summed E-state index contributed by atoms with van der Waals surface area (Å²) in [6, 6.07) is 19.3. The van der Waals surface area contributed by atoms with Crippen LogP contribution in [0.3, 0.4) is 0 Å². The van der Waals surface area contributed by atoms with Crippen LogP contribution in [0.2, 0.25) is 0 Å². The van der Waals surface area contributed by atoms with E-state index in [2.05, 4.69) is 0 Å². The maximum atomic E-state index is 13.3. The molecule has 5 unspecified atom stereocenters. The van der Waals surface area contributed by atoms with E-state index in [1.807, 2.05) is 81.4 Å². The highest BCUT2D eigenvalue weighted by Crippen LogP contribution is 2.36. The van der Waals surface area contributed by atoms with Gasteiger partial charge in [-0.3, -0.25) is 4.79 Å². The quantitative estimate of drug-likeness (QED) is 0.331. The van der Waals surface area contributed by atoms with Crippen LogP contribution in [0.25, 0.3) is 0 Å². The molecule has 0 radical (unpaired) electrons. The van der Waals surface area contributed by atoms with Gasteiger partial charge in [0.05, 0.1) is 31.0 Å². The van der Waals surface area contributed by atoms with Crippen LogP contribution in [0.5, 0.6) is 0 Å². The molecule has 0 aliphatic carbocycles. The van der Waals surface area contributed by atoms with Crippen LogP contribution in [0.1, 0.15) is 38.8 Å². The summed E-state index contributed by atoms with van der Waals surface area (Å²) in [4.78, 5) is 25.0. The normalized spacial score (nSPS) is 32.6. The summed E-state index contributed by atoms with van der Waals surface area (Å²) >= 11 is 0. The molecule has 2 heterocycles. The molecule has 236 valence electrons. The predicted octanol–water partition coefficient (Wildman–Crippen LogP) is 4.08. The van der Waals surface area contributed by atoms with Crippen molar-refractivity contribution in [2.45, 2.75) is 89.9 Å². The van der Waals surface area contributed by atoms with Crippen LogP contribution < -0.4 is 0 Å². The van der Waals surface area contributed by atoms with Gasteiger partial charge >= 0.3 is 11.9 Å². The molecule has 0 aromatic heterocycles. The van der Waals surface area contributed by atoms with E-state index >= 15 is 0 Å². The van der Waals surface area contributed by atoms with Gasteiger partial charge in [0.2, 0.25) is 0 Å². The first kappa shape index (κ1) is 33.0. The molecule has 10 atom stereocenters. The predicted molar refractivity (Wildman–Crippen MR) is 156 cm³/mol. The Labute approximate surface area is 253 Å². The van der Waals surface area contributed by atoms with Crippen molar-refractivity contribution in [3.63, 3.8) is 0 Å². The molecule has 0 amide bonds. The van der Waals surface area contributed by atoms with Gasteiger partial charge in [0.1, 0.15) is 25.4 Å². The highest BCUT2D eigenvalue weighted by atomic mass is 16.7. The van der Waals surface area contributed by atoms with Gasteiger partial charge in [-0.15, -0.1) is 0 Å². The molecule has 2 aliphatic heterocycles. The van der Waals surface area contributed by atoms with Crippen molar-refractivity contribution in [1.29, 1.82) is 0 Å². The Morgan fingerprint density at radius 2 is 1.33 bits per heavy atom. The van der Waals surface area contributed by atoms with Crippen molar-refractivity contribution in [1.82, 2.24) is 0 Å². The third-order valence-corrected chi connectivity index (χ3v) is 8.15. The van der Waals surface area contributed by atoms with Crippen molar-refractivity contribution < 1.29 is 47.5 Å². The molecule has 2 saturated heterocycles. The van der Waals surface area contributed by atoms with E-state index in [4.69, 9.17) is 37.9 Å². The average Bonchev–Trinajstić information content (AvgIpc) is 3.01. The highest BCUT2D eigenvalue weighted by molar-refractivity contribution is 5.75. The summed E-state index contributed by atoms with van der Waals surface area (Å²) in [6.07, 6.45) is -5.08. The number of ether oxygens (including phenoxy) is 8. The average molecular weight is 601 g/mol. The summed E-state index contributed by atoms with van der Waals surface area (Å²) in [5.74, 6) is -1.55. The van der Waals surface area contributed by atoms with Crippen molar-refractivity contribution >= 4 is 11.9 Å². The van der Waals surface area contributed by atoms with Gasteiger partial charge in [0.15, 0.2) is 12.4 Å². The molecule has 2 aromatic carbocycles. The minimum Gasteiger partial charge on any atom is -0.463 e. The first-order chi connectivity index (χ1) is 20.7. The third kappa shape index (κ3) is 8.41. The smallest absolute Gasteiger partial charge is 0.336 e. The Morgan fingerprint density at radius 3 is 1.91 bits per heavy atom. The lowest BCUT2D eigenvalue weighted by atomic mass is 9.87. The molecule has 10 heteroatoms. The van der Waals surface area contributed by atoms with Crippen LogP contribution in [0.15, 0.2) is 60.7 Å². The van der Waals surface area contributed by atoms with Crippen molar-refractivity contribution in [3.05, 3.63) is 71.8 Å². The molecular formula is C33H44O10. The topological polar surface area (TPSA) is 108 Å². The van der Waals surface area contributed by atoms with E-state index in [0.717, 1.165) is 11.1 Å². The van der Waals surface area contributed by atoms with Crippen molar-refractivity contribution in [2.24, 2.45) is 11.8 Å². The molecule has 2 fully saturated rings. The van der Waals surface area contributed by atoms with Gasteiger partial charge in [-0.05, 0) is 18.1 Å². The standard InChI is InChI=1S/C33H44O10/c1-20-27(39-17-24-13-9-7-10-14-24)22(3)41-26(19-38-23(4)34)28(20)42-33-31(37-6)29(36-5)21(2)30(43-33)32(35)40-18-25-15-11-8-12-16-25/h7-16,20-22,26-31,33H,17-19H2,1-6H3/t20?,21-,22?,26-,27?,28+,29-,30?,31?,33-/m1/s1. The number of carbonyl (C=O) groups excluding carboxylic acids is 2. The molecule has 0 N–H and O–H groups in total. The highest BCUT2D eigenvalue weighted by Gasteiger charge is 2.52. The summed E-state index contributed by atoms with van der Waals surface area (Å²) in [7, 11) is 3.11. The maximum Gasteiger partial charge on any atom is 0.336 e. The Morgan fingerprint density at radius 1 is 0.721 bits per heavy atom. The molecule has 0 bridgehead atoms. The monoisotopic (exact) mass is 600 g/mol. The first-order valence-electron chi connectivity index (χ1n) is 14.7. The Kier molecular flexibility index (Phi) is 12.1. The van der Waals surface area contributed by atoms with Crippen LogP contribution in [0.4, 0.5) is 0 Å². The van der Waals surface area contributed by atoms with E-state index in [1.165, 1.54) is 6.92 Å². The molecule has 0 spiro atoms. The molecule has 0 saturated carbocycles. The van der Waals surface area contributed by atoms with Gasteiger partial charge in [0, 0.05) is 33.0 Å². The number of benzene rings is 2. The zero-order valence-corrected chi connectivity index (χ0v) is 25.8. The lowest BCUT2D eigenvalue weighted by molar-refractivity contribution is -0.331. The third-order valence-electron chi connectivity index (χ3n) is 8.15. The van der Waals surface area contributed by atoms with E-state index in [1.54, 1.807) is 14.2 Å². The lowest BCUT2D eigenvalue weighted by Gasteiger charge is -2.48. The van der Waals surface area contributed by atoms with E-state index in [9.17, 15) is 9.59 Å². The Balaban J connectivity index is 1.54. The number of esters is 2. The summed E-state index contributed by atoms with van der Waals surface area (Å²) < 4.78 is 48.2. The van der Waals surface area contributed by atoms with Gasteiger partial charge in [0.25, 0.3) is 0 Å². The molecule has 2 aromatic rings. The van der Waals surface area contributed by atoms with Crippen molar-refractivity contribution in [3.8, 4) is 0 Å². The minimum absolute atomic E-state index is 0.0168. The second kappa shape index (κ2) is 15.7. The molecular weight excluding hydrogens is 556 g/mol. The number of hydrogen-bond acceptors (Lipinski definition) is 10. The number of hydrogen-bond donors (Lipinski definition) is 0. The first-order valence-corrected chi connectivity index (χ1v) is 14.7. The molecule has 10 nitrogen and oxygen atoms in total. The summed E-state index contributed by atoms with van der Waals surface area (Å²) in [5, 5.41) is 0. The van der Waals surface area contributed by atoms with Crippen LogP contribution in [0, 0.1) is 11.8 Å². The summed E-state index contributed by atoms with van der Waals surface area (Å²) in [5.41, 5.74) is 1.90. The van der Waals surface area contributed by atoms with Crippen molar-refractivity contribution in [2.75, 3.05) is 20.8 Å². The zero-order valence-electron chi connectivity index (χ0n) is 25.8. The van der Waals surface area contributed by atoms with Gasteiger partial charge < -0.3 is 37.9 Å². The second-order valence-electron chi connectivity index (χ2n) is 11.2. The SMILES string of the molecule is COC1[C@H](O[C@H]2C(C)C(OCc3ccccc3)C(C)O[C@@H]2COC(C)=O)OC(C(=O)OCc2ccccc2)[C@H](C)[C@H]1OC. The van der Waals surface area contributed by atoms with E-state index in [0.29, 0.717) is 6.61 Å². The van der Waals surface area contributed by atoms with Gasteiger partial charge in [-0.1, -0.05) is 74.5 Å². The largest absolute Gasteiger partial charge is 0.463 e. The summed E-state index contributed by atoms with van der Waals surface area (Å²) in [6.45, 7) is 7.63. The Hall–Kier alpha value is -2.86. The molecule has 2 aliphatic rings. The molecule has 4 rings (SSSR count). The van der Waals surface area contributed by atoms with Crippen LogP contribution in [-0.4, -0.2) is 81.8 Å². The fourth-order valence-electron chi connectivity index (χ4n) is 5.89. The van der Waals surface area contributed by atoms with Crippen LogP contribution >= 0.6 is 0 Å². The van der Waals surface area contributed by atoms with Crippen LogP contribution in [-0.2, 0) is 60.7 Å². The fraction of sp³-hybridized carbons (Fsp3) is 0.576. The maximum absolute atomic E-state index is 13.3. The van der Waals surface area contributed by atoms with E-state index < -0.39 is 54.7 Å². The second-order valence-corrected chi connectivity index (χ2v) is 11.2. The zero-order chi connectivity index (χ0) is 30.9. The fourth-order valence-corrected chi connectivity index (χ4v) is 5.89. The number of rotatable bonds is 12. The lowest BCUT2D eigenvalue weighted by Crippen LogP contribution is -2.62. The Bertz CT molecular complexity index is 1140.